The zero-order chi connectivity index (χ0) is 10.7. The van der Waals surface area contributed by atoms with Gasteiger partial charge in [0, 0.05) is 23.9 Å². The van der Waals surface area contributed by atoms with E-state index in [-0.39, 0.29) is 11.4 Å². The van der Waals surface area contributed by atoms with Gasteiger partial charge in [0.25, 0.3) is 5.91 Å². The number of rotatable bonds is 2. The first-order valence-electron chi connectivity index (χ1n) is 4.09. The molecule has 0 radical (unpaired) electrons. The molecule has 76 valence electrons. The molecule has 6 heteroatoms. The lowest BCUT2D eigenvalue weighted by molar-refractivity contribution is 0.102. The molecule has 0 aromatic carbocycles. The van der Waals surface area contributed by atoms with Crippen molar-refractivity contribution in [3.63, 3.8) is 0 Å². The average Bonchev–Trinajstić information content (AvgIpc) is 2.70. The van der Waals surface area contributed by atoms with Crippen molar-refractivity contribution in [3.05, 3.63) is 42.2 Å². The van der Waals surface area contributed by atoms with Crippen molar-refractivity contribution in [1.82, 2.24) is 10.1 Å². The van der Waals surface area contributed by atoms with Crippen LogP contribution in [0.3, 0.4) is 0 Å². The molecule has 2 heterocycles. The van der Waals surface area contributed by atoms with Gasteiger partial charge in [-0.1, -0.05) is 5.16 Å². The van der Waals surface area contributed by atoms with E-state index in [0.717, 1.165) is 6.07 Å². The zero-order valence-corrected chi connectivity index (χ0v) is 7.48. The molecule has 2 rings (SSSR count). The Kier molecular flexibility index (Phi) is 2.40. The second kappa shape index (κ2) is 3.87. The molecule has 0 saturated carbocycles. The van der Waals surface area contributed by atoms with Gasteiger partial charge >= 0.3 is 0 Å². The Morgan fingerprint density at radius 2 is 2.33 bits per heavy atom. The molecule has 0 aliphatic rings. The van der Waals surface area contributed by atoms with Gasteiger partial charge in [-0.05, 0) is 6.07 Å². The summed E-state index contributed by atoms with van der Waals surface area (Å²) in [5, 5.41) is 5.92. The van der Waals surface area contributed by atoms with Crippen LogP contribution in [0.4, 0.5) is 10.2 Å². The van der Waals surface area contributed by atoms with Crippen LogP contribution in [-0.2, 0) is 0 Å². The monoisotopic (exact) mass is 207 g/mol. The van der Waals surface area contributed by atoms with Gasteiger partial charge in [-0.15, -0.1) is 0 Å². The highest BCUT2D eigenvalue weighted by Gasteiger charge is 2.08. The molecular weight excluding hydrogens is 201 g/mol. The highest BCUT2D eigenvalue weighted by Crippen LogP contribution is 2.06. The number of anilines is 1. The predicted molar refractivity (Wildman–Crippen MR) is 48.7 cm³/mol. The molecule has 2 aromatic rings. The molecule has 1 amide bonds. The number of aromatic nitrogens is 2. The molecule has 0 aliphatic carbocycles. The Morgan fingerprint density at radius 3 is 3.00 bits per heavy atom. The molecule has 0 spiro atoms. The van der Waals surface area contributed by atoms with Crippen LogP contribution in [0, 0.1) is 5.95 Å². The Labute approximate surface area is 83.9 Å². The normalized spacial score (nSPS) is 9.93. The van der Waals surface area contributed by atoms with Crippen molar-refractivity contribution in [1.29, 1.82) is 0 Å². The lowest BCUT2D eigenvalue weighted by Gasteiger charge is -2.00. The van der Waals surface area contributed by atoms with E-state index >= 15 is 0 Å². The van der Waals surface area contributed by atoms with E-state index < -0.39 is 11.9 Å². The van der Waals surface area contributed by atoms with Gasteiger partial charge in [0.2, 0.25) is 5.95 Å². The number of carbonyl (C=O) groups is 1. The Bertz CT molecular complexity index is 470. The number of carbonyl (C=O) groups excluding carboxylic acids is 1. The Hall–Kier alpha value is -2.24. The molecule has 0 bridgehead atoms. The average molecular weight is 207 g/mol. The molecule has 15 heavy (non-hydrogen) atoms. The minimum Gasteiger partial charge on any atom is -0.363 e. The summed E-state index contributed by atoms with van der Waals surface area (Å²) < 4.78 is 17.2. The summed E-state index contributed by atoms with van der Waals surface area (Å²) in [5.74, 6) is -0.898. The number of pyridine rings is 1. The lowest BCUT2D eigenvalue weighted by Crippen LogP contribution is -2.12. The molecule has 5 nitrogen and oxygen atoms in total. The standard InChI is InChI=1S/C9H6FN3O2/c10-7-5-6(1-3-11-7)9(14)12-8-2-4-15-13-8/h1-5H,(H,12,13,14). The van der Waals surface area contributed by atoms with Crippen LogP contribution in [-0.4, -0.2) is 16.0 Å². The first-order chi connectivity index (χ1) is 7.25. The summed E-state index contributed by atoms with van der Waals surface area (Å²) >= 11 is 0. The number of hydrogen-bond donors (Lipinski definition) is 1. The van der Waals surface area contributed by atoms with Crippen LogP contribution in [0.1, 0.15) is 10.4 Å². The molecule has 2 aromatic heterocycles. The van der Waals surface area contributed by atoms with Gasteiger partial charge in [0.15, 0.2) is 5.82 Å². The fraction of sp³-hybridized carbons (Fsp3) is 0. The number of nitrogens with zero attached hydrogens (tertiary/aromatic N) is 2. The van der Waals surface area contributed by atoms with Crippen molar-refractivity contribution in [2.24, 2.45) is 0 Å². The van der Waals surface area contributed by atoms with Crippen LogP contribution < -0.4 is 5.32 Å². The third-order valence-corrected chi connectivity index (χ3v) is 1.67. The Morgan fingerprint density at radius 1 is 1.47 bits per heavy atom. The third-order valence-electron chi connectivity index (χ3n) is 1.67. The molecule has 0 saturated heterocycles. The summed E-state index contributed by atoms with van der Waals surface area (Å²) in [6.45, 7) is 0. The van der Waals surface area contributed by atoms with E-state index in [1.165, 1.54) is 24.6 Å². The van der Waals surface area contributed by atoms with E-state index in [9.17, 15) is 9.18 Å². The highest BCUT2D eigenvalue weighted by atomic mass is 19.1. The van der Waals surface area contributed by atoms with Gasteiger partial charge in [-0.2, -0.15) is 4.39 Å². The fourth-order valence-corrected chi connectivity index (χ4v) is 1.01. The van der Waals surface area contributed by atoms with E-state index in [4.69, 9.17) is 0 Å². The van der Waals surface area contributed by atoms with Gasteiger partial charge in [-0.25, -0.2) is 4.98 Å². The second-order valence-corrected chi connectivity index (χ2v) is 2.71. The summed E-state index contributed by atoms with van der Waals surface area (Å²) in [7, 11) is 0. The summed E-state index contributed by atoms with van der Waals surface area (Å²) in [6, 6.07) is 3.92. The van der Waals surface area contributed by atoms with Crippen molar-refractivity contribution in [3.8, 4) is 0 Å². The number of hydrogen-bond acceptors (Lipinski definition) is 4. The van der Waals surface area contributed by atoms with Crippen LogP contribution in [0.15, 0.2) is 35.2 Å². The summed E-state index contributed by atoms with van der Waals surface area (Å²) in [6.07, 6.45) is 2.54. The second-order valence-electron chi connectivity index (χ2n) is 2.71. The van der Waals surface area contributed by atoms with Crippen molar-refractivity contribution < 1.29 is 13.7 Å². The zero-order valence-electron chi connectivity index (χ0n) is 7.48. The molecular formula is C9H6FN3O2. The first-order valence-corrected chi connectivity index (χ1v) is 4.09. The van der Waals surface area contributed by atoms with Crippen LogP contribution in [0.25, 0.3) is 0 Å². The minimum absolute atomic E-state index is 0.172. The minimum atomic E-state index is -0.706. The maximum atomic E-state index is 12.7. The maximum Gasteiger partial charge on any atom is 0.257 e. The number of nitrogens with one attached hydrogen (secondary N) is 1. The SMILES string of the molecule is O=C(Nc1ccon1)c1ccnc(F)c1. The van der Waals surface area contributed by atoms with Gasteiger partial charge in [-0.3, -0.25) is 4.79 Å². The van der Waals surface area contributed by atoms with Crippen LogP contribution in [0.5, 0.6) is 0 Å². The molecule has 0 aliphatic heterocycles. The van der Waals surface area contributed by atoms with Crippen molar-refractivity contribution in [2.75, 3.05) is 5.32 Å². The largest absolute Gasteiger partial charge is 0.363 e. The van der Waals surface area contributed by atoms with Crippen molar-refractivity contribution >= 4 is 11.7 Å². The summed E-state index contributed by atoms with van der Waals surface area (Å²) in [5.41, 5.74) is 0.172. The maximum absolute atomic E-state index is 12.7. The van der Waals surface area contributed by atoms with Crippen LogP contribution >= 0.6 is 0 Å². The molecule has 1 N–H and O–H groups in total. The van der Waals surface area contributed by atoms with E-state index in [2.05, 4.69) is 20.0 Å². The summed E-state index contributed by atoms with van der Waals surface area (Å²) in [4.78, 5) is 14.8. The molecule has 0 fully saturated rings. The van der Waals surface area contributed by atoms with E-state index in [1.807, 2.05) is 0 Å². The van der Waals surface area contributed by atoms with Gasteiger partial charge in [0.05, 0.1) is 0 Å². The lowest BCUT2D eigenvalue weighted by atomic mass is 10.2. The van der Waals surface area contributed by atoms with Crippen molar-refractivity contribution in [2.45, 2.75) is 0 Å². The molecule has 0 atom stereocenters. The third kappa shape index (κ3) is 2.16. The van der Waals surface area contributed by atoms with Gasteiger partial charge < -0.3 is 9.84 Å². The van der Waals surface area contributed by atoms with Gasteiger partial charge in [0.1, 0.15) is 6.26 Å². The smallest absolute Gasteiger partial charge is 0.257 e. The first kappa shape index (κ1) is 9.32. The van der Waals surface area contributed by atoms with E-state index in [1.54, 1.807) is 0 Å². The topological polar surface area (TPSA) is 68.0 Å². The number of amides is 1. The Balaban J connectivity index is 2.15. The highest BCUT2D eigenvalue weighted by molar-refractivity contribution is 6.03. The number of halogens is 1. The fourth-order valence-electron chi connectivity index (χ4n) is 1.01. The van der Waals surface area contributed by atoms with E-state index in [0.29, 0.717) is 0 Å². The van der Waals surface area contributed by atoms with Crippen LogP contribution in [0.2, 0.25) is 0 Å². The predicted octanol–water partition coefficient (Wildman–Crippen LogP) is 1.46. The quantitative estimate of drug-likeness (QED) is 0.757. The molecule has 0 unspecified atom stereocenters.